The Kier molecular flexibility index (Phi) is 10.5. The van der Waals surface area contributed by atoms with Gasteiger partial charge in [0.1, 0.15) is 0 Å². The lowest BCUT2D eigenvalue weighted by molar-refractivity contribution is 0.107. The number of nitrogens with zero attached hydrogens (tertiary/aromatic N) is 2. The Morgan fingerprint density at radius 1 is 1.29 bits per heavy atom. The zero-order valence-corrected chi connectivity index (χ0v) is 17.9. The van der Waals surface area contributed by atoms with Crippen molar-refractivity contribution in [3.05, 3.63) is 0 Å². The lowest BCUT2D eigenvalue weighted by atomic mass is 9.83. The maximum absolute atomic E-state index is 6.12. The van der Waals surface area contributed by atoms with Crippen molar-refractivity contribution >= 4 is 29.9 Å². The Labute approximate surface area is 165 Å². The first-order chi connectivity index (χ1) is 11.2. The SMILES string of the molecule is CCOCCC1(CN=C(N)NCC2CCCN2CC)CCCC1.I. The molecule has 0 amide bonds. The molecule has 5 nitrogen and oxygen atoms in total. The van der Waals surface area contributed by atoms with E-state index >= 15 is 0 Å². The van der Waals surface area contributed by atoms with Crippen molar-refractivity contribution in [2.75, 3.05) is 39.4 Å². The van der Waals surface area contributed by atoms with Crippen LogP contribution in [0.4, 0.5) is 0 Å². The van der Waals surface area contributed by atoms with E-state index in [0.717, 1.165) is 39.3 Å². The van der Waals surface area contributed by atoms with Crippen molar-refractivity contribution in [3.63, 3.8) is 0 Å². The van der Waals surface area contributed by atoms with Gasteiger partial charge >= 0.3 is 0 Å². The summed E-state index contributed by atoms with van der Waals surface area (Å²) in [5, 5.41) is 3.35. The predicted octanol–water partition coefficient (Wildman–Crippen LogP) is 2.98. The molecule has 2 aliphatic rings. The average Bonchev–Trinajstić information content (AvgIpc) is 3.21. The van der Waals surface area contributed by atoms with Gasteiger partial charge in [-0.25, -0.2) is 0 Å². The van der Waals surface area contributed by atoms with Crippen molar-refractivity contribution in [2.24, 2.45) is 16.1 Å². The standard InChI is InChI=1S/C18H36N4O.HI/c1-3-22-12-7-8-16(22)14-20-17(19)21-15-18(9-5-6-10-18)11-13-23-4-2;/h16H,3-15H2,1-2H3,(H3,19,20,21);1H. The Bertz CT molecular complexity index is 372. The van der Waals surface area contributed by atoms with Gasteiger partial charge in [-0.15, -0.1) is 24.0 Å². The fraction of sp³-hybridized carbons (Fsp3) is 0.944. The molecule has 0 aromatic carbocycles. The number of rotatable bonds is 9. The summed E-state index contributed by atoms with van der Waals surface area (Å²) >= 11 is 0. The summed E-state index contributed by atoms with van der Waals surface area (Å²) in [7, 11) is 0. The summed E-state index contributed by atoms with van der Waals surface area (Å²) in [6.07, 6.45) is 8.87. The summed E-state index contributed by atoms with van der Waals surface area (Å²) in [5.41, 5.74) is 6.44. The van der Waals surface area contributed by atoms with Crippen LogP contribution in [-0.2, 0) is 4.74 Å². The molecule has 1 aliphatic carbocycles. The molecule has 1 atom stereocenters. The molecule has 1 unspecified atom stereocenters. The topological polar surface area (TPSA) is 62.9 Å². The van der Waals surface area contributed by atoms with E-state index in [1.54, 1.807) is 0 Å². The first-order valence-corrected chi connectivity index (χ1v) is 9.54. The highest BCUT2D eigenvalue weighted by Crippen LogP contribution is 2.41. The van der Waals surface area contributed by atoms with E-state index in [9.17, 15) is 0 Å². The van der Waals surface area contributed by atoms with Gasteiger partial charge in [0.15, 0.2) is 5.96 Å². The number of nitrogens with two attached hydrogens (primary N) is 1. The van der Waals surface area contributed by atoms with E-state index in [1.165, 1.54) is 45.1 Å². The molecule has 3 N–H and O–H groups in total. The van der Waals surface area contributed by atoms with Gasteiger partial charge in [-0.2, -0.15) is 0 Å². The second-order valence-electron chi connectivity index (χ2n) is 7.16. The van der Waals surface area contributed by atoms with Gasteiger partial charge in [-0.1, -0.05) is 19.8 Å². The van der Waals surface area contributed by atoms with E-state index in [4.69, 9.17) is 10.5 Å². The molecule has 0 bridgehead atoms. The lowest BCUT2D eigenvalue weighted by Crippen LogP contribution is -2.43. The highest BCUT2D eigenvalue weighted by molar-refractivity contribution is 14.0. The largest absolute Gasteiger partial charge is 0.382 e. The lowest BCUT2D eigenvalue weighted by Gasteiger charge is -2.27. The molecule has 0 aromatic rings. The van der Waals surface area contributed by atoms with Gasteiger partial charge in [0, 0.05) is 32.3 Å². The Morgan fingerprint density at radius 3 is 2.71 bits per heavy atom. The fourth-order valence-electron chi connectivity index (χ4n) is 4.12. The van der Waals surface area contributed by atoms with Crippen LogP contribution in [0.2, 0.25) is 0 Å². The number of ether oxygens (including phenoxy) is 1. The van der Waals surface area contributed by atoms with Crippen LogP contribution in [0.25, 0.3) is 0 Å². The Morgan fingerprint density at radius 2 is 2.04 bits per heavy atom. The van der Waals surface area contributed by atoms with Crippen LogP contribution in [0, 0.1) is 5.41 Å². The van der Waals surface area contributed by atoms with E-state index in [2.05, 4.69) is 29.1 Å². The number of hydrogen-bond acceptors (Lipinski definition) is 3. The van der Waals surface area contributed by atoms with Crippen molar-refractivity contribution in [1.82, 2.24) is 10.2 Å². The number of hydrogen-bond donors (Lipinski definition) is 2. The molecule has 0 spiro atoms. The molecule has 1 aliphatic heterocycles. The molecule has 0 radical (unpaired) electrons. The minimum Gasteiger partial charge on any atom is -0.382 e. The molecule has 1 heterocycles. The van der Waals surface area contributed by atoms with Crippen LogP contribution in [0.5, 0.6) is 0 Å². The van der Waals surface area contributed by atoms with Crippen LogP contribution in [0.1, 0.15) is 58.8 Å². The molecular weight excluding hydrogens is 415 g/mol. The summed E-state index contributed by atoms with van der Waals surface area (Å²) in [5.74, 6) is 0.621. The van der Waals surface area contributed by atoms with Crippen LogP contribution in [0.3, 0.4) is 0 Å². The molecule has 142 valence electrons. The number of halogens is 1. The van der Waals surface area contributed by atoms with Crippen LogP contribution < -0.4 is 11.1 Å². The zero-order valence-electron chi connectivity index (χ0n) is 15.6. The number of likely N-dealkylation sites (tertiary alicyclic amines) is 1. The molecule has 2 fully saturated rings. The normalized spacial score (nSPS) is 24.1. The highest BCUT2D eigenvalue weighted by Gasteiger charge is 2.33. The van der Waals surface area contributed by atoms with Crippen LogP contribution >= 0.6 is 24.0 Å². The number of aliphatic imine (C=N–C) groups is 1. The predicted molar refractivity (Wildman–Crippen MR) is 112 cm³/mol. The zero-order chi connectivity index (χ0) is 16.5. The van der Waals surface area contributed by atoms with E-state index < -0.39 is 0 Å². The average molecular weight is 452 g/mol. The van der Waals surface area contributed by atoms with Crippen LogP contribution in [0.15, 0.2) is 4.99 Å². The monoisotopic (exact) mass is 452 g/mol. The number of likely N-dealkylation sites (N-methyl/N-ethyl adjacent to an activating group) is 1. The van der Waals surface area contributed by atoms with E-state index in [-0.39, 0.29) is 24.0 Å². The maximum Gasteiger partial charge on any atom is 0.188 e. The highest BCUT2D eigenvalue weighted by atomic mass is 127. The van der Waals surface area contributed by atoms with Crippen molar-refractivity contribution in [3.8, 4) is 0 Å². The molecule has 6 heteroatoms. The summed E-state index contributed by atoms with van der Waals surface area (Å²) in [6, 6.07) is 0.618. The Hall–Kier alpha value is -0.0800. The quantitative estimate of drug-likeness (QED) is 0.244. The molecular formula is C18H37IN4O. The second kappa shape index (κ2) is 11.5. The van der Waals surface area contributed by atoms with Gasteiger partial charge in [0.2, 0.25) is 0 Å². The maximum atomic E-state index is 6.12. The van der Waals surface area contributed by atoms with Gasteiger partial charge in [-0.3, -0.25) is 9.89 Å². The summed E-state index contributed by atoms with van der Waals surface area (Å²) in [4.78, 5) is 7.21. The van der Waals surface area contributed by atoms with Gasteiger partial charge in [0.25, 0.3) is 0 Å². The van der Waals surface area contributed by atoms with Gasteiger partial charge in [-0.05, 0) is 57.5 Å². The molecule has 24 heavy (non-hydrogen) atoms. The first-order valence-electron chi connectivity index (χ1n) is 9.54. The number of nitrogens with one attached hydrogen (secondary N) is 1. The number of guanidine groups is 1. The van der Waals surface area contributed by atoms with E-state index in [0.29, 0.717) is 17.4 Å². The summed E-state index contributed by atoms with van der Waals surface area (Å²) < 4.78 is 5.57. The van der Waals surface area contributed by atoms with Gasteiger partial charge < -0.3 is 15.8 Å². The van der Waals surface area contributed by atoms with E-state index in [1.807, 2.05) is 0 Å². The van der Waals surface area contributed by atoms with Crippen molar-refractivity contribution in [1.29, 1.82) is 0 Å². The third kappa shape index (κ3) is 6.67. The molecule has 2 rings (SSSR count). The smallest absolute Gasteiger partial charge is 0.188 e. The fourth-order valence-corrected chi connectivity index (χ4v) is 4.12. The summed E-state index contributed by atoms with van der Waals surface area (Å²) in [6.45, 7) is 10.1. The van der Waals surface area contributed by atoms with Crippen molar-refractivity contribution in [2.45, 2.75) is 64.8 Å². The minimum atomic E-state index is 0. The van der Waals surface area contributed by atoms with Crippen molar-refractivity contribution < 1.29 is 4.74 Å². The Balaban J connectivity index is 0.00000288. The molecule has 1 saturated carbocycles. The third-order valence-corrected chi connectivity index (χ3v) is 5.65. The molecule has 0 aromatic heterocycles. The minimum absolute atomic E-state index is 0. The third-order valence-electron chi connectivity index (χ3n) is 5.65. The molecule has 1 saturated heterocycles. The first kappa shape index (κ1) is 22.0. The van der Waals surface area contributed by atoms with Crippen LogP contribution in [-0.4, -0.2) is 56.3 Å². The second-order valence-corrected chi connectivity index (χ2v) is 7.16. The van der Waals surface area contributed by atoms with Gasteiger partial charge in [0.05, 0.1) is 0 Å².